The molecule has 6 nitrogen and oxygen atoms in total. The highest BCUT2D eigenvalue weighted by Crippen LogP contribution is 2.48. The second-order valence-electron chi connectivity index (χ2n) is 8.49. The number of nitrogens with zero attached hydrogens (tertiary/aromatic N) is 1. The SMILES string of the molecule is O=C(NC1(C(F)(F)F)Oc2cc(Cl)c(Cl)cc2O1)C1=C(N2CCOCC2)/C(=C/c2ccccc2)CC1. The first-order chi connectivity index (χ1) is 17.2. The van der Waals surface area contributed by atoms with Gasteiger partial charge >= 0.3 is 12.1 Å². The molecule has 0 atom stereocenters. The number of allylic oxidation sites excluding steroid dienone is 1. The number of nitrogens with one attached hydrogen (secondary N) is 1. The molecule has 2 aromatic rings. The predicted molar refractivity (Wildman–Crippen MR) is 128 cm³/mol. The van der Waals surface area contributed by atoms with Gasteiger partial charge in [0.2, 0.25) is 0 Å². The second kappa shape index (κ2) is 9.53. The average molecular weight is 541 g/mol. The van der Waals surface area contributed by atoms with Crippen LogP contribution < -0.4 is 14.8 Å². The van der Waals surface area contributed by atoms with E-state index in [1.165, 1.54) is 0 Å². The van der Waals surface area contributed by atoms with Crippen LogP contribution in [0.5, 0.6) is 11.5 Å². The molecule has 36 heavy (non-hydrogen) atoms. The molecule has 0 spiro atoms. The molecule has 3 aliphatic rings. The summed E-state index contributed by atoms with van der Waals surface area (Å²) < 4.78 is 58.5. The normalized spacial score (nSPS) is 20.2. The lowest BCUT2D eigenvalue weighted by Gasteiger charge is -2.33. The largest absolute Gasteiger partial charge is 0.492 e. The summed E-state index contributed by atoms with van der Waals surface area (Å²) in [7, 11) is 0. The van der Waals surface area contributed by atoms with E-state index in [9.17, 15) is 18.0 Å². The maximum absolute atomic E-state index is 14.3. The molecule has 0 radical (unpaired) electrons. The average Bonchev–Trinajstić information content (AvgIpc) is 3.42. The fraction of sp³-hybridized carbons (Fsp3) is 0.320. The number of amides is 1. The van der Waals surface area contributed by atoms with Crippen LogP contribution in [0.1, 0.15) is 18.4 Å². The molecule has 0 unspecified atom stereocenters. The lowest BCUT2D eigenvalue weighted by molar-refractivity contribution is -0.319. The number of carbonyl (C=O) groups is 1. The van der Waals surface area contributed by atoms with Crippen molar-refractivity contribution in [1.82, 2.24) is 10.2 Å². The maximum atomic E-state index is 14.3. The third-order valence-corrected chi connectivity index (χ3v) is 6.84. The Morgan fingerprint density at radius 1 is 1.00 bits per heavy atom. The smallest absolute Gasteiger partial charge is 0.424 e. The fourth-order valence-corrected chi connectivity index (χ4v) is 4.75. The predicted octanol–water partition coefficient (Wildman–Crippen LogP) is 5.56. The molecule has 0 saturated carbocycles. The van der Waals surface area contributed by atoms with Crippen LogP contribution in [-0.4, -0.2) is 49.2 Å². The summed E-state index contributed by atoms with van der Waals surface area (Å²) in [5.41, 5.74) is 2.63. The molecular weight excluding hydrogens is 520 g/mol. The minimum atomic E-state index is -5.11. The number of fused-ring (bicyclic) bond motifs is 1. The van der Waals surface area contributed by atoms with Crippen LogP contribution in [0.25, 0.3) is 6.08 Å². The Hall–Kier alpha value is -2.88. The molecule has 1 N–H and O–H groups in total. The van der Waals surface area contributed by atoms with Gasteiger partial charge in [-0.1, -0.05) is 53.5 Å². The van der Waals surface area contributed by atoms with E-state index >= 15 is 0 Å². The summed E-state index contributed by atoms with van der Waals surface area (Å²) in [6, 6.07) is 11.8. The van der Waals surface area contributed by atoms with E-state index in [-0.39, 0.29) is 33.5 Å². The van der Waals surface area contributed by atoms with E-state index in [1.54, 1.807) is 0 Å². The molecule has 2 heterocycles. The van der Waals surface area contributed by atoms with E-state index in [2.05, 4.69) is 0 Å². The summed E-state index contributed by atoms with van der Waals surface area (Å²) in [5, 5.41) is 1.96. The molecule has 0 bridgehead atoms. The molecule has 2 aromatic carbocycles. The highest BCUT2D eigenvalue weighted by Gasteiger charge is 2.66. The molecule has 1 amide bonds. The van der Waals surface area contributed by atoms with Crippen LogP contribution in [0.15, 0.2) is 59.3 Å². The summed E-state index contributed by atoms with van der Waals surface area (Å²) in [5.74, 6) is -4.91. The van der Waals surface area contributed by atoms with Gasteiger partial charge in [-0.05, 0) is 30.1 Å². The third-order valence-electron chi connectivity index (χ3n) is 6.12. The van der Waals surface area contributed by atoms with Crippen molar-refractivity contribution in [1.29, 1.82) is 0 Å². The number of carbonyl (C=O) groups excluding carboxylic acids is 1. The zero-order chi connectivity index (χ0) is 25.5. The van der Waals surface area contributed by atoms with Gasteiger partial charge in [0.25, 0.3) is 5.91 Å². The Morgan fingerprint density at radius 2 is 1.61 bits per heavy atom. The molecule has 0 aromatic heterocycles. The fourth-order valence-electron chi connectivity index (χ4n) is 4.45. The van der Waals surface area contributed by atoms with Crippen molar-refractivity contribution in [3.63, 3.8) is 0 Å². The number of hydrogen-bond acceptors (Lipinski definition) is 5. The van der Waals surface area contributed by atoms with Crippen molar-refractivity contribution in [2.24, 2.45) is 0 Å². The van der Waals surface area contributed by atoms with Crippen LogP contribution in [0, 0.1) is 0 Å². The number of alkyl halides is 3. The lowest BCUT2D eigenvalue weighted by Crippen LogP contribution is -2.65. The maximum Gasteiger partial charge on any atom is 0.492 e. The number of hydrogen-bond donors (Lipinski definition) is 1. The van der Waals surface area contributed by atoms with Gasteiger partial charge in [0.15, 0.2) is 11.5 Å². The molecule has 1 fully saturated rings. The molecule has 1 saturated heterocycles. The minimum Gasteiger partial charge on any atom is -0.424 e. The zero-order valence-electron chi connectivity index (χ0n) is 18.8. The van der Waals surface area contributed by atoms with Crippen LogP contribution in [0.2, 0.25) is 10.0 Å². The van der Waals surface area contributed by atoms with E-state index in [1.807, 2.05) is 46.6 Å². The Balaban J connectivity index is 1.50. The number of morpholine rings is 1. The number of rotatable bonds is 4. The summed E-state index contributed by atoms with van der Waals surface area (Å²) >= 11 is 11.9. The van der Waals surface area contributed by atoms with Gasteiger partial charge in [0.05, 0.1) is 23.3 Å². The van der Waals surface area contributed by atoms with Gasteiger partial charge in [-0.15, -0.1) is 0 Å². The topological polar surface area (TPSA) is 60.0 Å². The first-order valence-corrected chi connectivity index (χ1v) is 12.0. The Bertz CT molecular complexity index is 1210. The van der Waals surface area contributed by atoms with Crippen molar-refractivity contribution in [2.75, 3.05) is 26.3 Å². The summed E-state index contributed by atoms with van der Waals surface area (Å²) in [6.07, 6.45) is -2.40. The van der Waals surface area contributed by atoms with E-state index in [0.29, 0.717) is 38.4 Å². The first-order valence-electron chi connectivity index (χ1n) is 11.2. The zero-order valence-corrected chi connectivity index (χ0v) is 20.3. The quantitative estimate of drug-likeness (QED) is 0.550. The Labute approximate surface area is 215 Å². The number of benzene rings is 2. The van der Waals surface area contributed by atoms with E-state index in [4.69, 9.17) is 37.4 Å². The summed E-state index contributed by atoms with van der Waals surface area (Å²) in [4.78, 5) is 15.4. The number of ether oxygens (including phenoxy) is 3. The molecule has 11 heteroatoms. The lowest BCUT2D eigenvalue weighted by atomic mass is 10.1. The summed E-state index contributed by atoms with van der Waals surface area (Å²) in [6.45, 7) is 1.93. The van der Waals surface area contributed by atoms with Gasteiger partial charge in [-0.25, -0.2) is 0 Å². The second-order valence-corrected chi connectivity index (χ2v) is 9.31. The Kier molecular flexibility index (Phi) is 6.57. The van der Waals surface area contributed by atoms with Crippen molar-refractivity contribution in [3.8, 4) is 11.5 Å². The molecule has 5 rings (SSSR count). The van der Waals surface area contributed by atoms with Gasteiger partial charge in [0, 0.05) is 36.5 Å². The van der Waals surface area contributed by atoms with Crippen LogP contribution >= 0.6 is 23.2 Å². The number of halogens is 5. The molecule has 1 aliphatic carbocycles. The van der Waals surface area contributed by atoms with Crippen LogP contribution in [0.3, 0.4) is 0 Å². The van der Waals surface area contributed by atoms with Gasteiger partial charge in [-0.2, -0.15) is 13.2 Å². The van der Waals surface area contributed by atoms with Gasteiger partial charge in [0.1, 0.15) is 0 Å². The molecule has 2 aliphatic heterocycles. The molecular formula is C25H21Cl2F3N2O4. The standard InChI is InChI=1S/C25H21Cl2F3N2O4/c26-18-13-20-21(14-19(18)27)36-25(35-20,24(28,29)30)31-23(33)17-7-6-16(12-15-4-2-1-3-5-15)22(17)32-8-10-34-11-9-32/h1-5,12-14H,6-11H2,(H,31,33)/b16-12+. The molecule has 190 valence electrons. The van der Waals surface area contributed by atoms with Crippen LogP contribution in [-0.2, 0) is 9.53 Å². The van der Waals surface area contributed by atoms with Crippen LogP contribution in [0.4, 0.5) is 13.2 Å². The monoisotopic (exact) mass is 540 g/mol. The van der Waals surface area contributed by atoms with Crippen molar-refractivity contribution >= 4 is 35.2 Å². The highest BCUT2D eigenvalue weighted by molar-refractivity contribution is 6.42. The van der Waals surface area contributed by atoms with E-state index < -0.39 is 18.0 Å². The van der Waals surface area contributed by atoms with E-state index in [0.717, 1.165) is 23.3 Å². The Morgan fingerprint density at radius 3 is 2.19 bits per heavy atom. The minimum absolute atomic E-state index is 0.00730. The van der Waals surface area contributed by atoms with Gasteiger partial charge < -0.3 is 19.1 Å². The third kappa shape index (κ3) is 4.63. The van der Waals surface area contributed by atoms with Gasteiger partial charge in [-0.3, -0.25) is 10.1 Å². The first kappa shape index (κ1) is 24.8. The van der Waals surface area contributed by atoms with Crippen molar-refractivity contribution in [3.05, 3.63) is 74.9 Å². The highest BCUT2D eigenvalue weighted by atomic mass is 35.5. The van der Waals surface area contributed by atoms with Crippen molar-refractivity contribution < 1.29 is 32.2 Å². The van der Waals surface area contributed by atoms with Crippen molar-refractivity contribution in [2.45, 2.75) is 24.9 Å².